The number of rotatable bonds is 4. The minimum absolute atomic E-state index is 0.0828. The number of aliphatic hydroxyl groups is 1. The Labute approximate surface area is 113 Å². The molecule has 1 heterocycles. The van der Waals surface area contributed by atoms with Crippen molar-refractivity contribution >= 4 is 22.1 Å². The van der Waals surface area contributed by atoms with E-state index in [-0.39, 0.29) is 12.1 Å². The van der Waals surface area contributed by atoms with Gasteiger partial charge in [0, 0.05) is 34.0 Å². The number of nitrogens with two attached hydrogens (primary N) is 1. The fourth-order valence-electron chi connectivity index (χ4n) is 2.04. The van der Waals surface area contributed by atoms with Crippen LogP contribution in [0.2, 0.25) is 0 Å². The summed E-state index contributed by atoms with van der Waals surface area (Å²) in [7, 11) is 0. The highest BCUT2D eigenvalue weighted by atomic mass is 16.3. The predicted octanol–water partition coefficient (Wildman–Crippen LogP) is 2.70. The van der Waals surface area contributed by atoms with Crippen LogP contribution in [0.3, 0.4) is 0 Å². The van der Waals surface area contributed by atoms with Gasteiger partial charge in [-0.3, -0.25) is 4.98 Å². The third kappa shape index (κ3) is 2.63. The van der Waals surface area contributed by atoms with Crippen LogP contribution < -0.4 is 11.1 Å². The Kier molecular flexibility index (Phi) is 3.62. The summed E-state index contributed by atoms with van der Waals surface area (Å²) in [4.78, 5) is 4.29. The molecule has 0 fully saturated rings. The van der Waals surface area contributed by atoms with Gasteiger partial charge in [0.25, 0.3) is 0 Å². The number of fused-ring (bicyclic) bond motifs is 1. The summed E-state index contributed by atoms with van der Waals surface area (Å²) in [6.07, 6.45) is 2.63. The van der Waals surface area contributed by atoms with Crippen molar-refractivity contribution in [1.82, 2.24) is 4.98 Å². The van der Waals surface area contributed by atoms with E-state index in [0.717, 1.165) is 34.3 Å². The van der Waals surface area contributed by atoms with Crippen LogP contribution in [0.4, 0.5) is 11.4 Å². The molecule has 4 heteroatoms. The van der Waals surface area contributed by atoms with Crippen molar-refractivity contribution < 1.29 is 5.11 Å². The molecule has 19 heavy (non-hydrogen) atoms. The summed E-state index contributed by atoms with van der Waals surface area (Å²) in [5, 5.41) is 14.9. The standard InChI is InChI=1S/C15H21N3O/c1-4-15(3,9-19)18-14-6-5-13(16)12-8-17-10(2)7-11(12)14/h5-8,18-19H,4,9,16H2,1-3H3. The lowest BCUT2D eigenvalue weighted by atomic mass is 9.98. The molecule has 4 nitrogen and oxygen atoms in total. The zero-order valence-electron chi connectivity index (χ0n) is 11.7. The first-order valence-electron chi connectivity index (χ1n) is 6.53. The molecule has 0 aliphatic heterocycles. The maximum atomic E-state index is 9.53. The fourth-order valence-corrected chi connectivity index (χ4v) is 2.04. The Morgan fingerprint density at radius 2 is 2.11 bits per heavy atom. The first kappa shape index (κ1) is 13.6. The number of aliphatic hydroxyl groups excluding tert-OH is 1. The van der Waals surface area contributed by atoms with Crippen LogP contribution in [0.1, 0.15) is 26.0 Å². The van der Waals surface area contributed by atoms with Gasteiger partial charge in [0.05, 0.1) is 12.1 Å². The maximum absolute atomic E-state index is 9.53. The number of nitrogen functional groups attached to an aromatic ring is 1. The number of pyridine rings is 1. The summed E-state index contributed by atoms with van der Waals surface area (Å²) >= 11 is 0. The number of aromatic nitrogens is 1. The third-order valence-electron chi connectivity index (χ3n) is 3.64. The molecule has 2 aromatic rings. The lowest BCUT2D eigenvalue weighted by Gasteiger charge is -2.29. The SMILES string of the molecule is CCC(C)(CO)Nc1ccc(N)c2cnc(C)cc12. The fraction of sp³-hybridized carbons (Fsp3) is 0.400. The van der Waals surface area contributed by atoms with E-state index in [9.17, 15) is 5.11 Å². The maximum Gasteiger partial charge on any atom is 0.0658 e. The molecule has 4 N–H and O–H groups in total. The molecule has 0 saturated carbocycles. The van der Waals surface area contributed by atoms with Gasteiger partial charge in [-0.25, -0.2) is 0 Å². The van der Waals surface area contributed by atoms with E-state index in [1.54, 1.807) is 6.20 Å². The Bertz CT molecular complexity index is 591. The van der Waals surface area contributed by atoms with Crippen LogP contribution in [0.15, 0.2) is 24.4 Å². The number of benzene rings is 1. The zero-order chi connectivity index (χ0) is 14.0. The summed E-state index contributed by atoms with van der Waals surface area (Å²) in [6, 6.07) is 5.84. The van der Waals surface area contributed by atoms with Gasteiger partial charge in [-0.2, -0.15) is 0 Å². The molecule has 1 aromatic carbocycles. The van der Waals surface area contributed by atoms with Crippen LogP contribution in [-0.4, -0.2) is 22.2 Å². The molecule has 102 valence electrons. The molecule has 1 unspecified atom stereocenters. The van der Waals surface area contributed by atoms with Crippen molar-refractivity contribution in [3.8, 4) is 0 Å². The topological polar surface area (TPSA) is 71.2 Å². The van der Waals surface area contributed by atoms with Gasteiger partial charge < -0.3 is 16.2 Å². The van der Waals surface area contributed by atoms with Crippen molar-refractivity contribution in [1.29, 1.82) is 0 Å². The highest BCUT2D eigenvalue weighted by Gasteiger charge is 2.21. The quantitative estimate of drug-likeness (QED) is 0.738. The van der Waals surface area contributed by atoms with Crippen LogP contribution in [0, 0.1) is 6.92 Å². The van der Waals surface area contributed by atoms with Crippen molar-refractivity contribution in [3.63, 3.8) is 0 Å². The Balaban J connectivity index is 2.55. The Morgan fingerprint density at radius 3 is 2.74 bits per heavy atom. The average Bonchev–Trinajstić information content (AvgIpc) is 2.42. The first-order chi connectivity index (χ1) is 8.99. The van der Waals surface area contributed by atoms with Gasteiger partial charge in [-0.15, -0.1) is 0 Å². The third-order valence-corrected chi connectivity index (χ3v) is 3.64. The van der Waals surface area contributed by atoms with Gasteiger partial charge in [0.2, 0.25) is 0 Å². The molecule has 0 aliphatic rings. The van der Waals surface area contributed by atoms with Crippen molar-refractivity contribution in [3.05, 3.63) is 30.1 Å². The van der Waals surface area contributed by atoms with Crippen molar-refractivity contribution in [2.75, 3.05) is 17.7 Å². The van der Waals surface area contributed by atoms with Gasteiger partial charge in [-0.05, 0) is 38.5 Å². The minimum atomic E-state index is -0.333. The zero-order valence-corrected chi connectivity index (χ0v) is 11.7. The summed E-state index contributed by atoms with van der Waals surface area (Å²) in [5.41, 5.74) is 8.30. The number of anilines is 2. The van der Waals surface area contributed by atoms with E-state index in [0.29, 0.717) is 0 Å². The van der Waals surface area contributed by atoms with E-state index in [1.165, 1.54) is 0 Å². The second-order valence-corrected chi connectivity index (χ2v) is 5.27. The van der Waals surface area contributed by atoms with Crippen LogP contribution in [0.25, 0.3) is 10.8 Å². The van der Waals surface area contributed by atoms with E-state index < -0.39 is 0 Å². The molecule has 0 spiro atoms. The van der Waals surface area contributed by atoms with Gasteiger partial charge in [-0.1, -0.05) is 6.92 Å². The molecule has 0 radical (unpaired) electrons. The van der Waals surface area contributed by atoms with Gasteiger partial charge in [0.1, 0.15) is 0 Å². The molecule has 0 aliphatic carbocycles. The summed E-state index contributed by atoms with van der Waals surface area (Å²) < 4.78 is 0. The summed E-state index contributed by atoms with van der Waals surface area (Å²) in [6.45, 7) is 6.09. The van der Waals surface area contributed by atoms with Crippen molar-refractivity contribution in [2.24, 2.45) is 0 Å². The van der Waals surface area contributed by atoms with Crippen LogP contribution in [0.5, 0.6) is 0 Å². The Hall–Kier alpha value is -1.81. The molecule has 1 aromatic heterocycles. The normalized spacial score (nSPS) is 14.3. The molecular formula is C15H21N3O. The van der Waals surface area contributed by atoms with E-state index in [4.69, 9.17) is 5.73 Å². The predicted molar refractivity (Wildman–Crippen MR) is 80.3 cm³/mol. The highest BCUT2D eigenvalue weighted by molar-refractivity contribution is 6.01. The number of aryl methyl sites for hydroxylation is 1. The number of nitrogens with one attached hydrogen (secondary N) is 1. The van der Waals surface area contributed by atoms with E-state index in [2.05, 4.69) is 17.2 Å². The molecule has 1 atom stereocenters. The number of nitrogens with zero attached hydrogens (tertiary/aromatic N) is 1. The Morgan fingerprint density at radius 1 is 1.37 bits per heavy atom. The van der Waals surface area contributed by atoms with E-state index >= 15 is 0 Å². The average molecular weight is 259 g/mol. The monoisotopic (exact) mass is 259 g/mol. The molecule has 0 amide bonds. The number of hydrogen-bond acceptors (Lipinski definition) is 4. The smallest absolute Gasteiger partial charge is 0.0658 e. The van der Waals surface area contributed by atoms with Gasteiger partial charge in [0.15, 0.2) is 0 Å². The molecular weight excluding hydrogens is 238 g/mol. The van der Waals surface area contributed by atoms with E-state index in [1.807, 2.05) is 32.0 Å². The largest absolute Gasteiger partial charge is 0.398 e. The number of hydrogen-bond donors (Lipinski definition) is 3. The minimum Gasteiger partial charge on any atom is -0.398 e. The highest BCUT2D eigenvalue weighted by Crippen LogP contribution is 2.30. The molecule has 0 bridgehead atoms. The second kappa shape index (κ2) is 5.05. The van der Waals surface area contributed by atoms with Crippen molar-refractivity contribution in [2.45, 2.75) is 32.7 Å². The lowest BCUT2D eigenvalue weighted by molar-refractivity contribution is 0.219. The van der Waals surface area contributed by atoms with Gasteiger partial charge >= 0.3 is 0 Å². The molecule has 2 rings (SSSR count). The lowest BCUT2D eigenvalue weighted by Crippen LogP contribution is -2.38. The van der Waals surface area contributed by atoms with Crippen LogP contribution in [-0.2, 0) is 0 Å². The first-order valence-corrected chi connectivity index (χ1v) is 6.53. The summed E-state index contributed by atoms with van der Waals surface area (Å²) in [5.74, 6) is 0. The molecule has 0 saturated heterocycles. The second-order valence-electron chi connectivity index (χ2n) is 5.27. The van der Waals surface area contributed by atoms with Crippen LogP contribution >= 0.6 is 0 Å².